The second-order valence-corrected chi connectivity index (χ2v) is 15.8. The van der Waals surface area contributed by atoms with Gasteiger partial charge in [-0.3, -0.25) is 0 Å². The lowest BCUT2D eigenvalue weighted by Gasteiger charge is -2.27. The van der Waals surface area contributed by atoms with Gasteiger partial charge in [0, 0.05) is 50.0 Å². The van der Waals surface area contributed by atoms with Gasteiger partial charge in [-0.1, -0.05) is 158 Å². The molecule has 0 bridgehead atoms. The maximum Gasteiger partial charge on any atom is 0.0541 e. The van der Waals surface area contributed by atoms with Gasteiger partial charge >= 0.3 is 0 Å². The molecule has 12 rings (SSSR count). The topological polar surface area (TPSA) is 13.1 Å². The van der Waals surface area contributed by atoms with Crippen LogP contribution >= 0.6 is 0 Å². The molecule has 286 valence electrons. The van der Waals surface area contributed by atoms with E-state index in [0.29, 0.717) is 0 Å². The van der Waals surface area contributed by atoms with Gasteiger partial charge in [-0.15, -0.1) is 0 Å². The van der Waals surface area contributed by atoms with E-state index in [-0.39, 0.29) is 0 Å². The number of para-hydroxylation sites is 4. The minimum absolute atomic E-state index is 1.08. The second kappa shape index (κ2) is 14.3. The van der Waals surface area contributed by atoms with Crippen molar-refractivity contribution in [1.29, 1.82) is 0 Å². The second-order valence-electron chi connectivity index (χ2n) is 15.8. The Bertz CT molecular complexity index is 3490. The van der Waals surface area contributed by atoms with Crippen molar-refractivity contribution in [1.82, 2.24) is 9.13 Å². The van der Waals surface area contributed by atoms with Crippen LogP contribution in [0.15, 0.2) is 237 Å². The number of aromatic nitrogens is 2. The van der Waals surface area contributed by atoms with E-state index < -0.39 is 0 Å². The Morgan fingerprint density at radius 2 is 0.721 bits per heavy atom. The van der Waals surface area contributed by atoms with Gasteiger partial charge in [-0.2, -0.15) is 0 Å². The highest BCUT2D eigenvalue weighted by Crippen LogP contribution is 2.42. The van der Waals surface area contributed by atoms with Gasteiger partial charge in [0.2, 0.25) is 0 Å². The molecule has 0 aliphatic carbocycles. The van der Waals surface area contributed by atoms with Gasteiger partial charge < -0.3 is 14.0 Å². The molecule has 10 aromatic carbocycles. The Morgan fingerprint density at radius 3 is 1.33 bits per heavy atom. The maximum absolute atomic E-state index is 2.42. The molecule has 61 heavy (non-hydrogen) atoms. The normalized spacial score (nSPS) is 11.6. The standard InChI is InChI=1S/C58H39N3/c1-2-16-40(17-3-1)41-32-34-44(35-33-41)59(46-21-15-22-47(38-46)60-55-28-10-6-24-50(55)51-25-7-11-29-56(51)60)45-20-14-19-43(36-45)54-39-48(37-42-18-4-5-23-49(42)54)61-57-30-12-8-26-52(57)53-27-9-13-31-58(53)61/h1-39H. The summed E-state index contributed by atoms with van der Waals surface area (Å²) in [6.45, 7) is 0. The smallest absolute Gasteiger partial charge is 0.0541 e. The summed E-state index contributed by atoms with van der Waals surface area (Å²) in [6, 6.07) is 86.0. The summed E-state index contributed by atoms with van der Waals surface area (Å²) in [5.41, 5.74) is 15.0. The molecule has 0 spiro atoms. The van der Waals surface area contributed by atoms with Crippen molar-refractivity contribution in [2.45, 2.75) is 0 Å². The molecule has 0 aliphatic heterocycles. The average molecular weight is 778 g/mol. The van der Waals surface area contributed by atoms with Crippen LogP contribution in [0.25, 0.3) is 88.0 Å². The van der Waals surface area contributed by atoms with E-state index in [1.165, 1.54) is 71.1 Å². The minimum Gasteiger partial charge on any atom is -0.310 e. The largest absolute Gasteiger partial charge is 0.310 e. The van der Waals surface area contributed by atoms with Crippen LogP contribution in [-0.2, 0) is 0 Å². The summed E-state index contributed by atoms with van der Waals surface area (Å²) in [6.07, 6.45) is 0. The van der Waals surface area contributed by atoms with Crippen LogP contribution in [0.4, 0.5) is 17.1 Å². The quantitative estimate of drug-likeness (QED) is 0.157. The molecule has 2 aromatic heterocycles. The van der Waals surface area contributed by atoms with Gasteiger partial charge in [-0.25, -0.2) is 0 Å². The summed E-state index contributed by atoms with van der Waals surface area (Å²) >= 11 is 0. The molecule has 3 nitrogen and oxygen atoms in total. The first-order chi connectivity index (χ1) is 30.3. The zero-order valence-electron chi connectivity index (χ0n) is 33.4. The Morgan fingerprint density at radius 1 is 0.262 bits per heavy atom. The van der Waals surface area contributed by atoms with Crippen LogP contribution in [0.1, 0.15) is 0 Å². The van der Waals surface area contributed by atoms with Crippen LogP contribution < -0.4 is 4.90 Å². The monoisotopic (exact) mass is 777 g/mol. The van der Waals surface area contributed by atoms with Crippen molar-refractivity contribution in [3.05, 3.63) is 237 Å². The van der Waals surface area contributed by atoms with E-state index in [1.807, 2.05) is 0 Å². The van der Waals surface area contributed by atoms with Gasteiger partial charge in [0.1, 0.15) is 0 Å². The number of anilines is 3. The summed E-state index contributed by atoms with van der Waals surface area (Å²) in [5.74, 6) is 0. The minimum atomic E-state index is 1.08. The molecular weight excluding hydrogens is 739 g/mol. The van der Waals surface area contributed by atoms with Crippen LogP contribution in [0, 0.1) is 0 Å². The average Bonchev–Trinajstić information content (AvgIpc) is 3.85. The number of hydrogen-bond donors (Lipinski definition) is 0. The van der Waals surface area contributed by atoms with Crippen molar-refractivity contribution in [2.75, 3.05) is 4.90 Å². The molecule has 0 saturated heterocycles. The molecule has 0 radical (unpaired) electrons. The van der Waals surface area contributed by atoms with E-state index in [2.05, 4.69) is 251 Å². The first-order valence-corrected chi connectivity index (χ1v) is 20.9. The highest BCUT2D eigenvalue weighted by atomic mass is 15.1. The fourth-order valence-corrected chi connectivity index (χ4v) is 9.53. The molecule has 3 heteroatoms. The van der Waals surface area contributed by atoms with Gasteiger partial charge in [0.05, 0.1) is 22.1 Å². The summed E-state index contributed by atoms with van der Waals surface area (Å²) < 4.78 is 4.82. The Balaban J connectivity index is 1.05. The Kier molecular flexibility index (Phi) is 8.17. The van der Waals surface area contributed by atoms with Crippen LogP contribution in [-0.4, -0.2) is 9.13 Å². The van der Waals surface area contributed by atoms with Crippen molar-refractivity contribution < 1.29 is 0 Å². The number of hydrogen-bond acceptors (Lipinski definition) is 1. The maximum atomic E-state index is 2.42. The van der Waals surface area contributed by atoms with Crippen molar-refractivity contribution in [3.8, 4) is 33.6 Å². The number of rotatable bonds is 7. The summed E-state index contributed by atoms with van der Waals surface area (Å²) in [4.78, 5) is 2.40. The molecule has 12 aromatic rings. The highest BCUT2D eigenvalue weighted by molar-refractivity contribution is 6.11. The van der Waals surface area contributed by atoms with Crippen LogP contribution in [0.3, 0.4) is 0 Å². The fraction of sp³-hybridized carbons (Fsp3) is 0. The lowest BCUT2D eigenvalue weighted by molar-refractivity contribution is 1.17. The molecule has 0 aliphatic rings. The molecule has 0 N–H and O–H groups in total. The number of benzene rings is 10. The third kappa shape index (κ3) is 5.82. The third-order valence-corrected chi connectivity index (χ3v) is 12.3. The zero-order valence-corrected chi connectivity index (χ0v) is 33.4. The van der Waals surface area contributed by atoms with Crippen LogP contribution in [0.2, 0.25) is 0 Å². The van der Waals surface area contributed by atoms with Gasteiger partial charge in [0.15, 0.2) is 0 Å². The first-order valence-electron chi connectivity index (χ1n) is 20.9. The van der Waals surface area contributed by atoms with E-state index >= 15 is 0 Å². The highest BCUT2D eigenvalue weighted by Gasteiger charge is 2.19. The van der Waals surface area contributed by atoms with Crippen molar-refractivity contribution in [3.63, 3.8) is 0 Å². The number of nitrogens with zero attached hydrogens (tertiary/aromatic N) is 3. The van der Waals surface area contributed by atoms with E-state index in [4.69, 9.17) is 0 Å². The van der Waals surface area contributed by atoms with E-state index in [0.717, 1.165) is 34.0 Å². The molecular formula is C58H39N3. The molecule has 0 atom stereocenters. The molecule has 0 fully saturated rings. The molecule has 0 saturated carbocycles. The van der Waals surface area contributed by atoms with E-state index in [1.54, 1.807) is 0 Å². The summed E-state index contributed by atoms with van der Waals surface area (Å²) in [7, 11) is 0. The Hall–Kier alpha value is -8.14. The molecule has 0 unspecified atom stereocenters. The lowest BCUT2D eigenvalue weighted by atomic mass is 9.96. The van der Waals surface area contributed by atoms with Crippen LogP contribution in [0.5, 0.6) is 0 Å². The van der Waals surface area contributed by atoms with Crippen molar-refractivity contribution >= 4 is 71.4 Å². The predicted molar refractivity (Wildman–Crippen MR) is 258 cm³/mol. The third-order valence-electron chi connectivity index (χ3n) is 12.3. The van der Waals surface area contributed by atoms with Gasteiger partial charge in [0.25, 0.3) is 0 Å². The SMILES string of the molecule is c1ccc(-c2ccc(N(c3cccc(-c4cc(-n5c6ccccc6c6ccccc65)cc5ccccc45)c3)c3cccc(-n4c5ccccc5c5ccccc54)c3)cc2)cc1. The van der Waals surface area contributed by atoms with Crippen molar-refractivity contribution in [2.24, 2.45) is 0 Å². The lowest BCUT2D eigenvalue weighted by Crippen LogP contribution is -2.10. The molecule has 2 heterocycles. The first kappa shape index (κ1) is 34.9. The Labute approximate surface area is 354 Å². The summed E-state index contributed by atoms with van der Waals surface area (Å²) in [5, 5.41) is 7.43. The predicted octanol–water partition coefficient (Wildman–Crippen LogP) is 15.8. The number of fused-ring (bicyclic) bond motifs is 7. The van der Waals surface area contributed by atoms with Gasteiger partial charge in [-0.05, 0) is 112 Å². The zero-order chi connectivity index (χ0) is 40.3. The fourth-order valence-electron chi connectivity index (χ4n) is 9.53. The van der Waals surface area contributed by atoms with E-state index in [9.17, 15) is 0 Å². The molecule has 0 amide bonds.